The van der Waals surface area contributed by atoms with Crippen LogP contribution in [0.15, 0.2) is 54.6 Å². The highest BCUT2D eigenvalue weighted by molar-refractivity contribution is 6.30. The number of hydrogen-bond acceptors (Lipinski definition) is 4. The molecule has 0 aliphatic carbocycles. The second-order valence-corrected chi connectivity index (χ2v) is 5.67. The molecular formula is C18H15ClN4O. The lowest BCUT2D eigenvalue weighted by atomic mass is 10.2. The number of anilines is 1. The molecule has 0 spiro atoms. The van der Waals surface area contributed by atoms with Crippen molar-refractivity contribution in [3.05, 3.63) is 76.3 Å². The van der Waals surface area contributed by atoms with Crippen LogP contribution < -0.4 is 10.5 Å². The van der Waals surface area contributed by atoms with Crippen LogP contribution in [0.4, 0.5) is 5.82 Å². The topological polar surface area (TPSA) is 76.9 Å². The van der Waals surface area contributed by atoms with Crippen molar-refractivity contribution in [3.63, 3.8) is 0 Å². The maximum Gasteiger partial charge on any atom is 0.253 e. The number of nitriles is 1. The van der Waals surface area contributed by atoms with Crippen LogP contribution in [0.5, 0.6) is 5.88 Å². The lowest BCUT2D eigenvalue weighted by molar-refractivity contribution is 0.289. The van der Waals surface area contributed by atoms with Gasteiger partial charge in [-0.1, -0.05) is 54.1 Å². The number of aromatic nitrogens is 2. The first-order valence-electron chi connectivity index (χ1n) is 7.35. The minimum Gasteiger partial charge on any atom is -0.471 e. The molecular weight excluding hydrogens is 324 g/mol. The molecule has 1 aromatic heterocycles. The average molecular weight is 339 g/mol. The Labute approximate surface area is 144 Å². The normalized spacial score (nSPS) is 10.3. The molecule has 120 valence electrons. The van der Waals surface area contributed by atoms with E-state index in [9.17, 15) is 5.26 Å². The maximum absolute atomic E-state index is 9.33. The van der Waals surface area contributed by atoms with E-state index in [-0.39, 0.29) is 18.1 Å². The van der Waals surface area contributed by atoms with Crippen molar-refractivity contribution in [2.45, 2.75) is 13.2 Å². The third-order valence-corrected chi connectivity index (χ3v) is 3.79. The molecule has 0 saturated heterocycles. The van der Waals surface area contributed by atoms with E-state index < -0.39 is 0 Å². The molecule has 6 heteroatoms. The minimum atomic E-state index is 0.237. The molecule has 3 rings (SSSR count). The van der Waals surface area contributed by atoms with Gasteiger partial charge in [-0.05, 0) is 23.3 Å². The number of rotatable bonds is 5. The first-order valence-corrected chi connectivity index (χ1v) is 7.72. The second kappa shape index (κ2) is 7.07. The van der Waals surface area contributed by atoms with Crippen LogP contribution in [-0.4, -0.2) is 9.78 Å². The third kappa shape index (κ3) is 3.50. The first kappa shape index (κ1) is 15.9. The van der Waals surface area contributed by atoms with Gasteiger partial charge in [-0.2, -0.15) is 5.26 Å². The Balaban J connectivity index is 1.79. The Bertz CT molecular complexity index is 867. The van der Waals surface area contributed by atoms with Crippen LogP contribution in [0.2, 0.25) is 5.02 Å². The van der Waals surface area contributed by atoms with Gasteiger partial charge in [0.1, 0.15) is 18.5 Å². The first-order chi connectivity index (χ1) is 11.7. The highest BCUT2D eigenvalue weighted by Gasteiger charge is 2.17. The van der Waals surface area contributed by atoms with Gasteiger partial charge < -0.3 is 10.5 Å². The van der Waals surface area contributed by atoms with Gasteiger partial charge in [0.15, 0.2) is 5.56 Å². The summed E-state index contributed by atoms with van der Waals surface area (Å²) in [6, 6.07) is 19.1. The highest BCUT2D eigenvalue weighted by Crippen LogP contribution is 2.24. The zero-order valence-electron chi connectivity index (χ0n) is 12.8. The molecule has 0 amide bonds. The second-order valence-electron chi connectivity index (χ2n) is 5.24. The van der Waals surface area contributed by atoms with Gasteiger partial charge in [-0.15, -0.1) is 5.10 Å². The Morgan fingerprint density at radius 2 is 1.79 bits per heavy atom. The van der Waals surface area contributed by atoms with Gasteiger partial charge in [0.25, 0.3) is 5.88 Å². The molecule has 0 saturated carbocycles. The number of nitrogens with two attached hydrogens (primary N) is 1. The Morgan fingerprint density at radius 3 is 2.46 bits per heavy atom. The van der Waals surface area contributed by atoms with Crippen LogP contribution in [0.25, 0.3) is 0 Å². The van der Waals surface area contributed by atoms with Crippen LogP contribution in [0.3, 0.4) is 0 Å². The summed E-state index contributed by atoms with van der Waals surface area (Å²) >= 11 is 5.86. The monoisotopic (exact) mass is 338 g/mol. The number of hydrogen-bond donors (Lipinski definition) is 1. The average Bonchev–Trinajstić information content (AvgIpc) is 2.90. The van der Waals surface area contributed by atoms with Gasteiger partial charge in [-0.25, -0.2) is 4.68 Å². The van der Waals surface area contributed by atoms with Gasteiger partial charge >= 0.3 is 0 Å². The molecule has 0 radical (unpaired) electrons. The van der Waals surface area contributed by atoms with Crippen molar-refractivity contribution in [2.24, 2.45) is 0 Å². The molecule has 2 aromatic carbocycles. The van der Waals surface area contributed by atoms with Crippen molar-refractivity contribution >= 4 is 17.4 Å². The van der Waals surface area contributed by atoms with Crippen molar-refractivity contribution in [1.82, 2.24) is 9.78 Å². The standard InChI is InChI=1S/C18H15ClN4O/c19-15-8-6-14(7-9-15)12-24-18-16(10-20)17(21)23(22-18)11-13-4-2-1-3-5-13/h1-9H,11-12,21H2. The fourth-order valence-corrected chi connectivity index (χ4v) is 2.39. The number of ether oxygens (including phenoxy) is 1. The van der Waals surface area contributed by atoms with Crippen molar-refractivity contribution in [3.8, 4) is 11.9 Å². The van der Waals surface area contributed by atoms with Gasteiger partial charge in [-0.3, -0.25) is 0 Å². The molecule has 5 nitrogen and oxygen atoms in total. The third-order valence-electron chi connectivity index (χ3n) is 3.54. The number of benzene rings is 2. The summed E-state index contributed by atoms with van der Waals surface area (Å²) in [4.78, 5) is 0. The molecule has 2 N–H and O–H groups in total. The van der Waals surface area contributed by atoms with E-state index in [1.165, 1.54) is 0 Å². The molecule has 0 aliphatic rings. The van der Waals surface area contributed by atoms with Crippen LogP contribution in [0, 0.1) is 11.3 Å². The van der Waals surface area contributed by atoms with Crippen molar-refractivity contribution in [2.75, 3.05) is 5.73 Å². The molecule has 3 aromatic rings. The largest absolute Gasteiger partial charge is 0.471 e. The Morgan fingerprint density at radius 1 is 1.08 bits per heavy atom. The summed E-state index contributed by atoms with van der Waals surface area (Å²) in [6.07, 6.45) is 0. The highest BCUT2D eigenvalue weighted by atomic mass is 35.5. The van der Waals surface area contributed by atoms with Crippen LogP contribution in [-0.2, 0) is 13.2 Å². The van der Waals surface area contributed by atoms with E-state index in [2.05, 4.69) is 11.2 Å². The smallest absolute Gasteiger partial charge is 0.253 e. The summed E-state index contributed by atoms with van der Waals surface area (Å²) in [5.41, 5.74) is 8.25. The van der Waals surface area contributed by atoms with Crippen LogP contribution in [0.1, 0.15) is 16.7 Å². The Hall–Kier alpha value is -2.97. The minimum absolute atomic E-state index is 0.237. The van der Waals surface area contributed by atoms with E-state index in [4.69, 9.17) is 22.1 Å². The Kier molecular flexibility index (Phi) is 4.69. The number of nitrogen functional groups attached to an aromatic ring is 1. The van der Waals surface area contributed by atoms with Crippen molar-refractivity contribution in [1.29, 1.82) is 5.26 Å². The van der Waals surface area contributed by atoms with Gasteiger partial charge in [0.05, 0.1) is 6.54 Å². The molecule has 0 aliphatic heterocycles. The summed E-state index contributed by atoms with van der Waals surface area (Å²) < 4.78 is 7.25. The zero-order valence-corrected chi connectivity index (χ0v) is 13.6. The lowest BCUT2D eigenvalue weighted by Gasteiger charge is -2.04. The molecule has 1 heterocycles. The predicted octanol–water partition coefficient (Wildman–Crippen LogP) is 3.62. The van der Waals surface area contributed by atoms with Crippen molar-refractivity contribution < 1.29 is 4.74 Å². The lowest BCUT2D eigenvalue weighted by Crippen LogP contribution is -2.06. The molecule has 0 fully saturated rings. The van der Waals surface area contributed by atoms with E-state index in [0.29, 0.717) is 17.4 Å². The zero-order chi connectivity index (χ0) is 16.9. The van der Waals surface area contributed by atoms with E-state index in [1.54, 1.807) is 16.8 Å². The summed E-state index contributed by atoms with van der Waals surface area (Å²) in [5.74, 6) is 0.536. The van der Waals surface area contributed by atoms with E-state index in [0.717, 1.165) is 11.1 Å². The molecule has 0 bridgehead atoms. The fraction of sp³-hybridized carbons (Fsp3) is 0.111. The van der Waals surface area contributed by atoms with Gasteiger partial charge in [0, 0.05) is 5.02 Å². The molecule has 0 unspecified atom stereocenters. The number of halogens is 1. The predicted molar refractivity (Wildman–Crippen MR) is 92.7 cm³/mol. The van der Waals surface area contributed by atoms with E-state index in [1.807, 2.05) is 42.5 Å². The molecule has 24 heavy (non-hydrogen) atoms. The SMILES string of the molecule is N#Cc1c(OCc2ccc(Cl)cc2)nn(Cc2ccccc2)c1N. The summed E-state index contributed by atoms with van der Waals surface area (Å²) in [7, 11) is 0. The molecule has 0 atom stereocenters. The summed E-state index contributed by atoms with van der Waals surface area (Å²) in [5, 5.41) is 14.3. The maximum atomic E-state index is 9.33. The number of nitrogens with zero attached hydrogens (tertiary/aromatic N) is 3. The van der Waals surface area contributed by atoms with Crippen LogP contribution >= 0.6 is 11.6 Å². The summed E-state index contributed by atoms with van der Waals surface area (Å²) in [6.45, 7) is 0.763. The van der Waals surface area contributed by atoms with Gasteiger partial charge in [0.2, 0.25) is 0 Å². The quantitative estimate of drug-likeness (QED) is 0.770. The fourth-order valence-electron chi connectivity index (χ4n) is 2.27. The van der Waals surface area contributed by atoms with E-state index >= 15 is 0 Å².